The topological polar surface area (TPSA) is 107 Å². The van der Waals surface area contributed by atoms with Gasteiger partial charge in [0, 0.05) is 24.3 Å². The molecule has 1 saturated heterocycles. The van der Waals surface area contributed by atoms with Crippen LogP contribution in [0.2, 0.25) is 5.02 Å². The Morgan fingerprint density at radius 1 is 1.03 bits per heavy atom. The van der Waals surface area contributed by atoms with Crippen molar-refractivity contribution in [3.05, 3.63) is 58.6 Å². The third kappa shape index (κ3) is 4.96. The molecule has 1 aliphatic rings. The van der Waals surface area contributed by atoms with E-state index in [1.165, 1.54) is 12.1 Å². The van der Waals surface area contributed by atoms with Crippen molar-refractivity contribution >= 4 is 33.2 Å². The highest BCUT2D eigenvalue weighted by Crippen LogP contribution is 2.25. The van der Waals surface area contributed by atoms with Gasteiger partial charge in [-0.3, -0.25) is 4.79 Å². The van der Waals surface area contributed by atoms with Crippen molar-refractivity contribution in [2.24, 2.45) is 0 Å². The van der Waals surface area contributed by atoms with Gasteiger partial charge >= 0.3 is 0 Å². The Kier molecular flexibility index (Phi) is 6.73. The highest BCUT2D eigenvalue weighted by atomic mass is 35.5. The van der Waals surface area contributed by atoms with Crippen LogP contribution in [0.25, 0.3) is 0 Å². The number of carbonyl (C=O) groups is 1. The second kappa shape index (κ2) is 8.94. The Balaban J connectivity index is 1.90. The molecule has 2 aromatic carbocycles. The molecule has 1 fully saturated rings. The van der Waals surface area contributed by atoms with Gasteiger partial charge in [-0.15, -0.1) is 0 Å². The number of halogens is 3. The molecule has 0 bridgehead atoms. The second-order valence-corrected chi connectivity index (χ2v) is 9.25. The van der Waals surface area contributed by atoms with Crippen molar-refractivity contribution in [1.82, 2.24) is 4.31 Å². The predicted molar refractivity (Wildman–Crippen MR) is 106 cm³/mol. The molecule has 3 rings (SSSR count). The summed E-state index contributed by atoms with van der Waals surface area (Å²) in [6.45, 7) is -0.604. The second-order valence-electron chi connectivity index (χ2n) is 6.94. The molecule has 1 heterocycles. The lowest BCUT2D eigenvalue weighted by atomic mass is 10.1. The number of amides is 1. The average Bonchev–Trinajstić information content (AvgIpc) is 2.86. The molecule has 30 heavy (non-hydrogen) atoms. The fourth-order valence-corrected chi connectivity index (χ4v) is 4.85. The largest absolute Gasteiger partial charge is 0.392 e. The van der Waals surface area contributed by atoms with E-state index in [2.05, 4.69) is 5.32 Å². The molecule has 1 amide bonds. The molecule has 7 nitrogen and oxygen atoms in total. The number of hydrogen-bond donors (Lipinski definition) is 3. The van der Waals surface area contributed by atoms with Crippen LogP contribution in [-0.2, 0) is 10.0 Å². The monoisotopic (exact) mass is 460 g/mol. The van der Waals surface area contributed by atoms with Crippen molar-refractivity contribution < 1.29 is 32.2 Å². The molecule has 0 radical (unpaired) electrons. The molecular weight excluding hydrogens is 442 g/mol. The first kappa shape index (κ1) is 22.6. The zero-order valence-electron chi connectivity index (χ0n) is 15.6. The molecule has 2 atom stereocenters. The van der Waals surface area contributed by atoms with Crippen molar-refractivity contribution in [2.75, 3.05) is 18.4 Å². The standard InChI is InChI=1S/C19H19ClF2N2O5S/c20-15-8-12(2-6-16(15)21)23-19(27)11-1-5-17(22)18(7-11)30(28,29)24-9-13(25)3-4-14(26)10-24/h1-2,5-8,13-14,25-26H,3-4,9-10H2,(H,23,27)/t13-,14+. The van der Waals surface area contributed by atoms with Crippen molar-refractivity contribution in [1.29, 1.82) is 0 Å². The molecule has 162 valence electrons. The minimum atomic E-state index is -4.44. The third-order valence-electron chi connectivity index (χ3n) is 4.65. The Morgan fingerprint density at radius 2 is 1.63 bits per heavy atom. The first-order valence-corrected chi connectivity index (χ1v) is 10.8. The van der Waals surface area contributed by atoms with Crippen LogP contribution < -0.4 is 5.32 Å². The van der Waals surface area contributed by atoms with Gasteiger partial charge in [0.2, 0.25) is 10.0 Å². The zero-order valence-corrected chi connectivity index (χ0v) is 17.1. The normalized spacial score (nSPS) is 20.6. The van der Waals surface area contributed by atoms with E-state index in [0.717, 1.165) is 28.6 Å². The molecule has 2 aromatic rings. The maximum atomic E-state index is 14.4. The summed E-state index contributed by atoms with van der Waals surface area (Å²) in [6.07, 6.45) is -1.60. The predicted octanol–water partition coefficient (Wildman–Crippen LogP) is 2.38. The summed E-state index contributed by atoms with van der Waals surface area (Å²) in [5.74, 6) is -2.51. The maximum Gasteiger partial charge on any atom is 0.255 e. The van der Waals surface area contributed by atoms with Crippen LogP contribution in [0.4, 0.5) is 14.5 Å². The number of carbonyl (C=O) groups excluding carboxylic acids is 1. The van der Waals surface area contributed by atoms with Crippen LogP contribution in [0.1, 0.15) is 23.2 Å². The Bertz CT molecular complexity index is 1050. The van der Waals surface area contributed by atoms with Crippen molar-refractivity contribution in [2.45, 2.75) is 29.9 Å². The number of sulfonamides is 1. The fourth-order valence-electron chi connectivity index (χ4n) is 3.07. The smallest absolute Gasteiger partial charge is 0.255 e. The Hall–Kier alpha value is -2.11. The number of aliphatic hydroxyl groups excluding tert-OH is 2. The van der Waals surface area contributed by atoms with E-state index in [4.69, 9.17) is 11.6 Å². The Morgan fingerprint density at radius 3 is 2.23 bits per heavy atom. The fraction of sp³-hybridized carbons (Fsp3) is 0.316. The first-order chi connectivity index (χ1) is 14.1. The summed E-state index contributed by atoms with van der Waals surface area (Å²) < 4.78 is 54.3. The zero-order chi connectivity index (χ0) is 22.1. The highest BCUT2D eigenvalue weighted by molar-refractivity contribution is 7.89. The molecule has 1 aliphatic heterocycles. The van der Waals surface area contributed by atoms with E-state index in [0.29, 0.717) is 0 Å². The van der Waals surface area contributed by atoms with Crippen molar-refractivity contribution in [3.63, 3.8) is 0 Å². The van der Waals surface area contributed by atoms with Gasteiger partial charge in [-0.25, -0.2) is 17.2 Å². The SMILES string of the molecule is O=C(Nc1ccc(F)c(Cl)c1)c1ccc(F)c(S(=O)(=O)N2C[C@H](O)CC[C@H](O)C2)c1. The number of nitrogens with one attached hydrogen (secondary N) is 1. The lowest BCUT2D eigenvalue weighted by molar-refractivity contribution is 0.102. The lowest BCUT2D eigenvalue weighted by Gasteiger charge is -2.23. The van der Waals surface area contributed by atoms with Crippen molar-refractivity contribution in [3.8, 4) is 0 Å². The summed E-state index contributed by atoms with van der Waals surface area (Å²) in [5.41, 5.74) is 0.00485. The van der Waals surface area contributed by atoms with Gasteiger partial charge in [-0.2, -0.15) is 4.31 Å². The van der Waals surface area contributed by atoms with Crippen LogP contribution in [-0.4, -0.2) is 54.1 Å². The number of nitrogens with zero attached hydrogens (tertiary/aromatic N) is 1. The van der Waals surface area contributed by atoms with Gasteiger partial charge in [0.1, 0.15) is 16.5 Å². The third-order valence-corrected chi connectivity index (χ3v) is 6.79. The molecule has 0 spiro atoms. The number of rotatable bonds is 4. The van der Waals surface area contributed by atoms with E-state index >= 15 is 0 Å². The van der Waals surface area contributed by atoms with E-state index < -0.39 is 44.7 Å². The van der Waals surface area contributed by atoms with Crippen LogP contribution >= 0.6 is 11.6 Å². The van der Waals surface area contributed by atoms with Crippen LogP contribution in [0.5, 0.6) is 0 Å². The van der Waals surface area contributed by atoms with E-state index in [1.54, 1.807) is 0 Å². The molecule has 11 heteroatoms. The lowest BCUT2D eigenvalue weighted by Crippen LogP contribution is -2.39. The molecular formula is C19H19ClF2N2O5S. The number of hydrogen-bond acceptors (Lipinski definition) is 5. The average molecular weight is 461 g/mol. The maximum absolute atomic E-state index is 14.4. The number of anilines is 1. The van der Waals surface area contributed by atoms with E-state index in [1.807, 2.05) is 0 Å². The van der Waals surface area contributed by atoms with Gasteiger partial charge < -0.3 is 15.5 Å². The first-order valence-electron chi connectivity index (χ1n) is 9.00. The van der Waals surface area contributed by atoms with Crippen LogP contribution in [0.15, 0.2) is 41.3 Å². The Labute approximate surface area is 176 Å². The molecule has 0 aliphatic carbocycles. The summed E-state index contributed by atoms with van der Waals surface area (Å²) in [4.78, 5) is 11.7. The van der Waals surface area contributed by atoms with Gasteiger partial charge in [0.15, 0.2) is 0 Å². The van der Waals surface area contributed by atoms with Gasteiger partial charge in [0.05, 0.1) is 17.2 Å². The molecule has 3 N–H and O–H groups in total. The quantitative estimate of drug-likeness (QED) is 0.649. The molecule has 0 aromatic heterocycles. The summed E-state index contributed by atoms with van der Waals surface area (Å²) in [6, 6.07) is 6.30. The van der Waals surface area contributed by atoms with Crippen LogP contribution in [0.3, 0.4) is 0 Å². The van der Waals surface area contributed by atoms with E-state index in [9.17, 15) is 32.2 Å². The summed E-state index contributed by atoms with van der Waals surface area (Å²) in [7, 11) is -4.44. The minimum absolute atomic E-state index is 0.161. The van der Waals surface area contributed by atoms with E-state index in [-0.39, 0.29) is 42.2 Å². The van der Waals surface area contributed by atoms with Gasteiger partial charge in [-0.1, -0.05) is 11.6 Å². The minimum Gasteiger partial charge on any atom is -0.392 e. The molecule has 0 unspecified atom stereocenters. The van der Waals surface area contributed by atoms with Crippen LogP contribution in [0, 0.1) is 11.6 Å². The highest BCUT2D eigenvalue weighted by Gasteiger charge is 2.33. The van der Waals surface area contributed by atoms with Gasteiger partial charge in [0.25, 0.3) is 5.91 Å². The number of aliphatic hydroxyl groups is 2. The number of β-amino-alcohol motifs (C(OH)–C–C–N with tert-alkyl or cyclic N) is 2. The summed E-state index contributed by atoms with van der Waals surface area (Å²) >= 11 is 5.67. The number of benzene rings is 2. The summed E-state index contributed by atoms with van der Waals surface area (Å²) in [5, 5.41) is 22.0. The molecule has 0 saturated carbocycles. The van der Waals surface area contributed by atoms with Gasteiger partial charge in [-0.05, 0) is 49.2 Å².